The van der Waals surface area contributed by atoms with Gasteiger partial charge in [0, 0.05) is 33.0 Å². The number of rotatable bonds is 4. The summed E-state index contributed by atoms with van der Waals surface area (Å²) in [6, 6.07) is 9.49. The van der Waals surface area contributed by atoms with Crippen LogP contribution in [-0.2, 0) is 9.59 Å². The molecule has 3 atom stereocenters. The lowest BCUT2D eigenvalue weighted by Gasteiger charge is -2.23. The van der Waals surface area contributed by atoms with E-state index in [4.69, 9.17) is 0 Å². The van der Waals surface area contributed by atoms with Crippen LogP contribution in [0.3, 0.4) is 0 Å². The minimum Gasteiger partial charge on any atom is -0.324 e. The lowest BCUT2D eigenvalue weighted by Crippen LogP contribution is -2.45. The Kier molecular flexibility index (Phi) is 4.75. The van der Waals surface area contributed by atoms with E-state index in [0.29, 0.717) is 23.2 Å². The van der Waals surface area contributed by atoms with E-state index >= 15 is 0 Å². The Morgan fingerprint density at radius 2 is 2.12 bits per heavy atom. The molecule has 1 aliphatic carbocycles. The average Bonchev–Trinajstić information content (AvgIpc) is 3.03. The van der Waals surface area contributed by atoms with Crippen molar-refractivity contribution in [2.75, 3.05) is 16.9 Å². The van der Waals surface area contributed by atoms with Gasteiger partial charge in [-0.05, 0) is 43.7 Å². The van der Waals surface area contributed by atoms with Crippen molar-refractivity contribution in [3.8, 4) is 0 Å². The second-order valence-corrected chi connectivity index (χ2v) is 9.04. The van der Waals surface area contributed by atoms with Crippen LogP contribution in [0.1, 0.15) is 22.1 Å². The highest BCUT2D eigenvalue weighted by Crippen LogP contribution is 2.51. The van der Waals surface area contributed by atoms with Gasteiger partial charge in [-0.3, -0.25) is 9.59 Å². The molecular formula is C19H19FN2O2S2. The zero-order valence-corrected chi connectivity index (χ0v) is 15.9. The highest BCUT2D eigenvalue weighted by atomic mass is 32.2. The maximum atomic E-state index is 13.3. The maximum absolute atomic E-state index is 13.3. The number of nitrogens with zero attached hydrogens (tertiary/aromatic N) is 1. The monoisotopic (exact) mass is 390 g/mol. The van der Waals surface area contributed by atoms with Gasteiger partial charge in [-0.1, -0.05) is 6.07 Å². The molecule has 1 N–H and O–H groups in total. The third-order valence-corrected chi connectivity index (χ3v) is 6.94. The number of anilines is 1. The van der Waals surface area contributed by atoms with Crippen molar-refractivity contribution in [1.82, 2.24) is 4.90 Å². The van der Waals surface area contributed by atoms with Crippen molar-refractivity contribution in [2.45, 2.75) is 25.3 Å². The number of thiophene rings is 1. The first-order valence-corrected chi connectivity index (χ1v) is 10.5. The second-order valence-electron chi connectivity index (χ2n) is 6.72. The normalized spacial score (nSPS) is 24.5. The molecular weight excluding hydrogens is 371 g/mol. The van der Waals surface area contributed by atoms with E-state index in [-0.39, 0.29) is 17.7 Å². The fourth-order valence-electron chi connectivity index (χ4n) is 3.32. The number of hydrogen-bond acceptors (Lipinski definition) is 4. The molecule has 2 heterocycles. The number of halogens is 1. The predicted molar refractivity (Wildman–Crippen MR) is 103 cm³/mol. The summed E-state index contributed by atoms with van der Waals surface area (Å²) < 4.78 is 13.3. The number of carbonyl (C=O) groups is 2. The Labute approximate surface area is 159 Å². The van der Waals surface area contributed by atoms with E-state index in [9.17, 15) is 14.0 Å². The van der Waals surface area contributed by atoms with Crippen LogP contribution in [0.15, 0.2) is 36.4 Å². The Morgan fingerprint density at radius 1 is 1.27 bits per heavy atom. The first-order chi connectivity index (χ1) is 12.5. The molecule has 0 radical (unpaired) electrons. The van der Waals surface area contributed by atoms with Crippen LogP contribution in [0.5, 0.6) is 0 Å². The molecule has 1 aromatic carbocycles. The molecule has 2 fully saturated rings. The molecule has 3 unspecified atom stereocenters. The highest BCUT2D eigenvalue weighted by molar-refractivity contribution is 7.99. The summed E-state index contributed by atoms with van der Waals surface area (Å²) >= 11 is 3.32. The summed E-state index contributed by atoms with van der Waals surface area (Å²) in [5.41, 5.74) is 0.414. The summed E-state index contributed by atoms with van der Waals surface area (Å²) in [6.45, 7) is 2.07. The molecule has 2 aliphatic rings. The van der Waals surface area contributed by atoms with Gasteiger partial charge in [0.1, 0.15) is 11.9 Å². The fraction of sp³-hybridized carbons (Fsp3) is 0.368. The number of carbonyl (C=O) groups excluding carboxylic acids is 2. The van der Waals surface area contributed by atoms with Gasteiger partial charge in [0.05, 0.1) is 5.88 Å². The van der Waals surface area contributed by atoms with Gasteiger partial charge in [0.25, 0.3) is 0 Å². The van der Waals surface area contributed by atoms with Crippen LogP contribution in [0, 0.1) is 18.7 Å². The van der Waals surface area contributed by atoms with E-state index in [0.717, 1.165) is 6.42 Å². The minimum absolute atomic E-state index is 0.0174. The van der Waals surface area contributed by atoms with Crippen molar-refractivity contribution >= 4 is 40.6 Å². The fourth-order valence-corrected chi connectivity index (χ4v) is 5.54. The molecule has 1 aliphatic heterocycles. The van der Waals surface area contributed by atoms with Crippen LogP contribution in [0.4, 0.5) is 10.1 Å². The molecule has 2 aromatic rings. The van der Waals surface area contributed by atoms with Crippen molar-refractivity contribution in [3.63, 3.8) is 0 Å². The maximum Gasteiger partial charge on any atom is 0.248 e. The Hall–Kier alpha value is -1.86. The topological polar surface area (TPSA) is 49.4 Å². The number of nitrogens with one attached hydrogen (secondary N) is 1. The molecule has 0 spiro atoms. The van der Waals surface area contributed by atoms with E-state index in [1.54, 1.807) is 40.1 Å². The van der Waals surface area contributed by atoms with Crippen molar-refractivity contribution in [1.29, 1.82) is 0 Å². The number of benzene rings is 1. The molecule has 2 amide bonds. The Morgan fingerprint density at radius 3 is 2.85 bits per heavy atom. The molecule has 1 saturated heterocycles. The molecule has 0 bridgehead atoms. The number of thioether (sulfide) groups is 1. The zero-order chi connectivity index (χ0) is 18.3. The molecule has 1 saturated carbocycles. The largest absolute Gasteiger partial charge is 0.324 e. The average molecular weight is 391 g/mol. The van der Waals surface area contributed by atoms with Crippen LogP contribution in [0.2, 0.25) is 0 Å². The zero-order valence-electron chi connectivity index (χ0n) is 14.3. The lowest BCUT2D eigenvalue weighted by molar-refractivity contribution is -0.137. The van der Waals surface area contributed by atoms with E-state index < -0.39 is 11.9 Å². The Balaban J connectivity index is 1.41. The first kappa shape index (κ1) is 17.5. The van der Waals surface area contributed by atoms with Gasteiger partial charge in [-0.15, -0.1) is 23.1 Å². The quantitative estimate of drug-likeness (QED) is 0.863. The lowest BCUT2D eigenvalue weighted by atomic mass is 10.2. The van der Waals surface area contributed by atoms with Gasteiger partial charge in [-0.2, -0.15) is 0 Å². The van der Waals surface area contributed by atoms with Gasteiger partial charge in [0.2, 0.25) is 11.8 Å². The van der Waals surface area contributed by atoms with Crippen LogP contribution < -0.4 is 5.32 Å². The molecule has 7 heteroatoms. The van der Waals surface area contributed by atoms with Crippen LogP contribution in [0.25, 0.3) is 0 Å². The SMILES string of the molecule is Cc1ccc(C2CC2C(=O)N2CSCC2C(=O)Nc2cccc(F)c2)s1. The van der Waals surface area contributed by atoms with E-state index in [2.05, 4.69) is 24.4 Å². The number of amides is 2. The first-order valence-electron chi connectivity index (χ1n) is 8.54. The van der Waals surface area contributed by atoms with Gasteiger partial charge in [0.15, 0.2) is 0 Å². The van der Waals surface area contributed by atoms with Crippen molar-refractivity contribution in [2.24, 2.45) is 5.92 Å². The molecule has 4 rings (SSSR count). The van der Waals surface area contributed by atoms with Crippen molar-refractivity contribution in [3.05, 3.63) is 52.0 Å². The van der Waals surface area contributed by atoms with Crippen molar-refractivity contribution < 1.29 is 14.0 Å². The molecule has 136 valence electrons. The third-order valence-electron chi connectivity index (χ3n) is 4.79. The van der Waals surface area contributed by atoms with Crippen LogP contribution >= 0.6 is 23.1 Å². The summed E-state index contributed by atoms with van der Waals surface area (Å²) in [5.74, 6) is 0.789. The molecule has 4 nitrogen and oxygen atoms in total. The minimum atomic E-state index is -0.498. The highest BCUT2D eigenvalue weighted by Gasteiger charge is 2.49. The molecule has 26 heavy (non-hydrogen) atoms. The van der Waals surface area contributed by atoms with E-state index in [1.807, 2.05) is 0 Å². The molecule has 1 aromatic heterocycles. The van der Waals surface area contributed by atoms with Gasteiger partial charge >= 0.3 is 0 Å². The Bertz CT molecular complexity index is 854. The smallest absolute Gasteiger partial charge is 0.248 e. The number of hydrogen-bond donors (Lipinski definition) is 1. The number of aryl methyl sites for hydroxylation is 1. The summed E-state index contributed by atoms with van der Waals surface area (Å²) in [5, 5.41) is 2.73. The second kappa shape index (κ2) is 7.04. The third kappa shape index (κ3) is 3.50. The predicted octanol–water partition coefficient (Wildman–Crippen LogP) is 3.84. The standard InChI is InChI=1S/C19H19FN2O2S2/c1-11-5-6-17(26-11)14-8-15(14)19(24)22-10-25-9-16(22)18(23)21-13-4-2-3-12(20)7-13/h2-7,14-16H,8-10H2,1H3,(H,21,23). The van der Waals surface area contributed by atoms with Crippen LogP contribution in [-0.4, -0.2) is 34.4 Å². The summed E-state index contributed by atoms with van der Waals surface area (Å²) in [6.07, 6.45) is 0.859. The summed E-state index contributed by atoms with van der Waals surface area (Å²) in [4.78, 5) is 29.7. The summed E-state index contributed by atoms with van der Waals surface area (Å²) in [7, 11) is 0. The van der Waals surface area contributed by atoms with E-state index in [1.165, 1.54) is 21.9 Å². The van der Waals surface area contributed by atoms with Gasteiger partial charge < -0.3 is 10.2 Å². The van der Waals surface area contributed by atoms with Gasteiger partial charge in [-0.25, -0.2) is 4.39 Å².